The molecular formula is C11H15BrFNO. The third kappa shape index (κ3) is 3.47. The molecule has 0 aliphatic heterocycles. The molecule has 0 aliphatic carbocycles. The van der Waals surface area contributed by atoms with Gasteiger partial charge in [0.1, 0.15) is 11.6 Å². The van der Waals surface area contributed by atoms with Gasteiger partial charge < -0.3 is 10.5 Å². The molecule has 4 heteroatoms. The maximum Gasteiger partial charge on any atom is 0.136 e. The van der Waals surface area contributed by atoms with Crippen LogP contribution in [0.4, 0.5) is 4.39 Å². The molecular weight excluding hydrogens is 261 g/mol. The van der Waals surface area contributed by atoms with Crippen molar-refractivity contribution in [3.63, 3.8) is 0 Å². The highest BCUT2D eigenvalue weighted by molar-refractivity contribution is 9.10. The van der Waals surface area contributed by atoms with Crippen molar-refractivity contribution in [1.82, 2.24) is 0 Å². The van der Waals surface area contributed by atoms with Gasteiger partial charge in [0.05, 0.1) is 11.6 Å². The second kappa shape index (κ2) is 6.08. The summed E-state index contributed by atoms with van der Waals surface area (Å²) in [7, 11) is 1.53. The SMILES string of the molecule is COc1cc(F)cc(CCCCN)c1Br. The smallest absolute Gasteiger partial charge is 0.136 e. The summed E-state index contributed by atoms with van der Waals surface area (Å²) in [5.74, 6) is 0.274. The van der Waals surface area contributed by atoms with E-state index in [4.69, 9.17) is 10.5 Å². The lowest BCUT2D eigenvalue weighted by molar-refractivity contribution is 0.407. The van der Waals surface area contributed by atoms with Gasteiger partial charge >= 0.3 is 0 Å². The van der Waals surface area contributed by atoms with Gasteiger partial charge in [-0.3, -0.25) is 0 Å². The zero-order valence-corrected chi connectivity index (χ0v) is 10.3. The predicted molar refractivity (Wildman–Crippen MR) is 62.6 cm³/mol. The van der Waals surface area contributed by atoms with Crippen molar-refractivity contribution in [3.8, 4) is 5.75 Å². The van der Waals surface area contributed by atoms with Crippen molar-refractivity contribution in [1.29, 1.82) is 0 Å². The molecule has 84 valence electrons. The zero-order chi connectivity index (χ0) is 11.3. The largest absolute Gasteiger partial charge is 0.495 e. The van der Waals surface area contributed by atoms with Crippen molar-refractivity contribution in [2.75, 3.05) is 13.7 Å². The van der Waals surface area contributed by atoms with Crippen LogP contribution in [0.15, 0.2) is 16.6 Å². The molecule has 0 heterocycles. The van der Waals surface area contributed by atoms with Crippen molar-refractivity contribution in [2.45, 2.75) is 19.3 Å². The third-order valence-corrected chi connectivity index (χ3v) is 3.10. The van der Waals surface area contributed by atoms with Gasteiger partial charge in [0.2, 0.25) is 0 Å². The molecule has 0 amide bonds. The second-order valence-electron chi connectivity index (χ2n) is 3.33. The topological polar surface area (TPSA) is 35.2 Å². The Labute approximate surface area is 97.7 Å². The highest BCUT2D eigenvalue weighted by Crippen LogP contribution is 2.30. The Morgan fingerprint density at radius 3 is 2.73 bits per heavy atom. The minimum atomic E-state index is -0.266. The molecule has 0 saturated heterocycles. The number of benzene rings is 1. The fourth-order valence-corrected chi connectivity index (χ4v) is 2.00. The number of hydrogen-bond acceptors (Lipinski definition) is 2. The zero-order valence-electron chi connectivity index (χ0n) is 8.72. The minimum absolute atomic E-state index is 0.266. The second-order valence-corrected chi connectivity index (χ2v) is 4.12. The minimum Gasteiger partial charge on any atom is -0.495 e. The fraction of sp³-hybridized carbons (Fsp3) is 0.455. The van der Waals surface area contributed by atoms with Gasteiger partial charge in [0.15, 0.2) is 0 Å². The molecule has 0 fully saturated rings. The maximum atomic E-state index is 13.2. The summed E-state index contributed by atoms with van der Waals surface area (Å²) in [5.41, 5.74) is 6.34. The number of methoxy groups -OCH3 is 1. The summed E-state index contributed by atoms with van der Waals surface area (Å²) in [4.78, 5) is 0. The Kier molecular flexibility index (Phi) is 5.05. The number of aryl methyl sites for hydroxylation is 1. The molecule has 0 radical (unpaired) electrons. The number of rotatable bonds is 5. The number of ether oxygens (including phenoxy) is 1. The quantitative estimate of drug-likeness (QED) is 0.839. The monoisotopic (exact) mass is 275 g/mol. The molecule has 0 atom stereocenters. The van der Waals surface area contributed by atoms with Crippen molar-refractivity contribution < 1.29 is 9.13 Å². The number of halogens is 2. The van der Waals surface area contributed by atoms with E-state index in [9.17, 15) is 4.39 Å². The van der Waals surface area contributed by atoms with Crippen LogP contribution in [-0.4, -0.2) is 13.7 Å². The van der Waals surface area contributed by atoms with Crippen LogP contribution in [0.2, 0.25) is 0 Å². The first-order valence-electron chi connectivity index (χ1n) is 4.91. The lowest BCUT2D eigenvalue weighted by Gasteiger charge is -2.09. The molecule has 0 unspecified atom stereocenters. The average molecular weight is 276 g/mol. The first kappa shape index (κ1) is 12.5. The van der Waals surface area contributed by atoms with E-state index in [0.29, 0.717) is 12.3 Å². The van der Waals surface area contributed by atoms with Crippen LogP contribution in [0.1, 0.15) is 18.4 Å². The van der Waals surface area contributed by atoms with Crippen molar-refractivity contribution in [2.24, 2.45) is 5.73 Å². The van der Waals surface area contributed by atoms with Gasteiger partial charge in [-0.1, -0.05) is 0 Å². The Balaban J connectivity index is 2.81. The van der Waals surface area contributed by atoms with Crippen LogP contribution in [0.3, 0.4) is 0 Å². The predicted octanol–water partition coefficient (Wildman–Crippen LogP) is 2.88. The maximum absolute atomic E-state index is 13.2. The van der Waals surface area contributed by atoms with Gasteiger partial charge in [-0.05, 0) is 53.4 Å². The van der Waals surface area contributed by atoms with Crippen LogP contribution in [-0.2, 0) is 6.42 Å². The van der Waals surface area contributed by atoms with Crippen LogP contribution in [0.25, 0.3) is 0 Å². The molecule has 0 aliphatic rings. The Morgan fingerprint density at radius 2 is 2.13 bits per heavy atom. The molecule has 15 heavy (non-hydrogen) atoms. The number of hydrogen-bond donors (Lipinski definition) is 1. The van der Waals surface area contributed by atoms with E-state index in [0.717, 1.165) is 29.3 Å². The van der Waals surface area contributed by atoms with Gasteiger partial charge in [0, 0.05) is 6.07 Å². The Bertz CT molecular complexity index is 331. The number of nitrogens with two attached hydrogens (primary N) is 1. The first-order valence-corrected chi connectivity index (χ1v) is 5.70. The van der Waals surface area contributed by atoms with E-state index in [1.807, 2.05) is 0 Å². The standard InChI is InChI=1S/C11H15BrFNO/c1-15-10-7-9(13)6-8(11(10)12)4-2-3-5-14/h6-7H,2-5,14H2,1H3. The summed E-state index contributed by atoms with van der Waals surface area (Å²) in [6, 6.07) is 2.90. The van der Waals surface area contributed by atoms with E-state index in [-0.39, 0.29) is 5.82 Å². The summed E-state index contributed by atoms with van der Waals surface area (Å²) in [6.45, 7) is 0.671. The molecule has 1 aromatic carbocycles. The van der Waals surface area contributed by atoms with Crippen LogP contribution < -0.4 is 10.5 Å². The summed E-state index contributed by atoms with van der Waals surface area (Å²) in [6.07, 6.45) is 2.72. The third-order valence-electron chi connectivity index (χ3n) is 2.20. The van der Waals surface area contributed by atoms with E-state index >= 15 is 0 Å². The van der Waals surface area contributed by atoms with Crippen LogP contribution >= 0.6 is 15.9 Å². The summed E-state index contributed by atoms with van der Waals surface area (Å²) in [5, 5.41) is 0. The molecule has 0 saturated carbocycles. The van der Waals surface area contributed by atoms with E-state index in [1.165, 1.54) is 19.2 Å². The summed E-state index contributed by atoms with van der Waals surface area (Å²) >= 11 is 3.40. The Hall–Kier alpha value is -0.610. The molecule has 0 bridgehead atoms. The molecule has 2 N–H and O–H groups in total. The van der Waals surface area contributed by atoms with Crippen molar-refractivity contribution >= 4 is 15.9 Å². The van der Waals surface area contributed by atoms with E-state index in [2.05, 4.69) is 15.9 Å². The van der Waals surface area contributed by atoms with Crippen molar-refractivity contribution in [3.05, 3.63) is 28.0 Å². The summed E-state index contributed by atoms with van der Waals surface area (Å²) < 4.78 is 19.1. The normalized spacial score (nSPS) is 10.4. The number of unbranched alkanes of at least 4 members (excludes halogenated alkanes) is 1. The lowest BCUT2D eigenvalue weighted by atomic mass is 10.1. The molecule has 0 spiro atoms. The fourth-order valence-electron chi connectivity index (χ4n) is 1.41. The highest BCUT2D eigenvalue weighted by atomic mass is 79.9. The molecule has 0 aromatic heterocycles. The average Bonchev–Trinajstić information content (AvgIpc) is 2.23. The van der Waals surface area contributed by atoms with Gasteiger partial charge in [-0.25, -0.2) is 4.39 Å². The first-order chi connectivity index (χ1) is 7.19. The molecule has 2 nitrogen and oxygen atoms in total. The van der Waals surface area contributed by atoms with Crippen LogP contribution in [0, 0.1) is 5.82 Å². The molecule has 1 aromatic rings. The van der Waals surface area contributed by atoms with Gasteiger partial charge in [0.25, 0.3) is 0 Å². The lowest BCUT2D eigenvalue weighted by Crippen LogP contribution is -2.00. The highest BCUT2D eigenvalue weighted by Gasteiger charge is 2.08. The van der Waals surface area contributed by atoms with Gasteiger partial charge in [-0.15, -0.1) is 0 Å². The van der Waals surface area contributed by atoms with Gasteiger partial charge in [-0.2, -0.15) is 0 Å². The van der Waals surface area contributed by atoms with Crippen LogP contribution in [0.5, 0.6) is 5.75 Å². The Morgan fingerprint density at radius 1 is 1.40 bits per heavy atom. The molecule has 1 rings (SSSR count). The van der Waals surface area contributed by atoms with E-state index in [1.54, 1.807) is 0 Å². The van der Waals surface area contributed by atoms with E-state index < -0.39 is 0 Å².